The molecule has 4 rings (SSSR count). The van der Waals surface area contributed by atoms with E-state index in [0.717, 1.165) is 24.0 Å². The van der Waals surface area contributed by atoms with E-state index in [0.29, 0.717) is 40.8 Å². The van der Waals surface area contributed by atoms with Crippen LogP contribution in [0.5, 0.6) is 11.5 Å². The Hall–Kier alpha value is -3.89. The minimum atomic E-state index is -1.06. The Bertz CT molecular complexity index is 1340. The number of anilines is 1. The Labute approximate surface area is 238 Å². The molecule has 212 valence electrons. The number of ether oxygens (including phenoxy) is 3. The van der Waals surface area contributed by atoms with Crippen LogP contribution in [0.3, 0.4) is 0 Å². The van der Waals surface area contributed by atoms with Gasteiger partial charge in [0, 0.05) is 18.8 Å². The lowest BCUT2D eigenvalue weighted by Gasteiger charge is -2.33. The first-order chi connectivity index (χ1) is 19.3. The van der Waals surface area contributed by atoms with Crippen LogP contribution < -0.4 is 25.0 Å². The van der Waals surface area contributed by atoms with Crippen LogP contribution in [0, 0.1) is 13.8 Å². The average Bonchev–Trinajstić information content (AvgIpc) is 3.68. The lowest BCUT2D eigenvalue weighted by atomic mass is 10.00. The zero-order valence-electron chi connectivity index (χ0n) is 23.2. The predicted molar refractivity (Wildman–Crippen MR) is 154 cm³/mol. The normalized spacial score (nSPS) is 15.2. The van der Waals surface area contributed by atoms with Crippen LogP contribution in [0.2, 0.25) is 0 Å². The van der Waals surface area contributed by atoms with E-state index in [9.17, 15) is 14.4 Å². The van der Waals surface area contributed by atoms with E-state index in [4.69, 9.17) is 14.2 Å². The lowest BCUT2D eigenvalue weighted by molar-refractivity contribution is -0.126. The highest BCUT2D eigenvalue weighted by atomic mass is 32.1. The van der Waals surface area contributed by atoms with Gasteiger partial charge >= 0.3 is 0 Å². The molecule has 1 aromatic heterocycles. The maximum Gasteiger partial charge on any atom is 0.261 e. The summed E-state index contributed by atoms with van der Waals surface area (Å²) >= 11 is 1.29. The number of hydrogen-bond donors (Lipinski definition) is 2. The maximum atomic E-state index is 14.0. The zero-order valence-corrected chi connectivity index (χ0v) is 24.0. The number of nitrogens with one attached hydrogen (secondary N) is 2. The molecule has 9 nitrogen and oxygen atoms in total. The van der Waals surface area contributed by atoms with Crippen molar-refractivity contribution in [3.8, 4) is 11.5 Å². The Morgan fingerprint density at radius 2 is 1.85 bits per heavy atom. The summed E-state index contributed by atoms with van der Waals surface area (Å²) in [6.45, 7) is 4.54. The number of hydrogen-bond acceptors (Lipinski definition) is 7. The standard InChI is InChI=1S/C30H35N3O6S/c1-19-9-11-23(20(2)15-19)33(27(34)18-32-29(35)26-8-6-14-40-26)28(30(36)31-17-22-7-5-13-39-22)21-10-12-24(37-3)25(16-21)38-4/h6,8-12,14-16,22,28H,5,7,13,17-18H2,1-4H3,(H,31,36)(H,32,35)/t22-,28-/m0/s1. The molecule has 0 radical (unpaired) electrons. The van der Waals surface area contributed by atoms with Crippen LogP contribution in [0.15, 0.2) is 53.9 Å². The van der Waals surface area contributed by atoms with E-state index in [2.05, 4.69) is 10.6 Å². The number of thiophene rings is 1. The highest BCUT2D eigenvalue weighted by Crippen LogP contribution is 2.35. The molecule has 0 spiro atoms. The summed E-state index contributed by atoms with van der Waals surface area (Å²) in [5.74, 6) is -0.243. The topological polar surface area (TPSA) is 106 Å². The van der Waals surface area contributed by atoms with Crippen molar-refractivity contribution in [3.05, 3.63) is 75.5 Å². The van der Waals surface area contributed by atoms with E-state index >= 15 is 0 Å². The molecule has 3 aromatic rings. The third-order valence-electron chi connectivity index (χ3n) is 6.78. The van der Waals surface area contributed by atoms with Gasteiger partial charge in [0.15, 0.2) is 11.5 Å². The summed E-state index contributed by atoms with van der Waals surface area (Å²) in [7, 11) is 3.05. The van der Waals surface area contributed by atoms with Gasteiger partial charge in [-0.25, -0.2) is 0 Å². The van der Waals surface area contributed by atoms with Crippen LogP contribution in [-0.2, 0) is 14.3 Å². The first-order valence-corrected chi connectivity index (χ1v) is 14.0. The molecule has 1 aliphatic rings. The van der Waals surface area contributed by atoms with E-state index in [1.54, 1.807) is 35.7 Å². The second-order valence-corrected chi connectivity index (χ2v) is 10.6. The fourth-order valence-electron chi connectivity index (χ4n) is 4.79. The number of benzene rings is 2. The number of amides is 3. The van der Waals surface area contributed by atoms with Crippen molar-refractivity contribution in [3.63, 3.8) is 0 Å². The van der Waals surface area contributed by atoms with Crippen LogP contribution in [0.1, 0.15) is 45.2 Å². The quantitative estimate of drug-likeness (QED) is 0.361. The summed E-state index contributed by atoms with van der Waals surface area (Å²) in [4.78, 5) is 42.5. The van der Waals surface area contributed by atoms with E-state index < -0.39 is 11.9 Å². The van der Waals surface area contributed by atoms with Crippen molar-refractivity contribution in [2.75, 3.05) is 38.8 Å². The Morgan fingerprint density at radius 3 is 2.50 bits per heavy atom. The molecular weight excluding hydrogens is 530 g/mol. The fraction of sp³-hybridized carbons (Fsp3) is 0.367. The minimum absolute atomic E-state index is 0.0784. The van der Waals surface area contributed by atoms with Crippen LogP contribution >= 0.6 is 11.3 Å². The predicted octanol–water partition coefficient (Wildman–Crippen LogP) is 4.18. The number of rotatable bonds is 11. The third kappa shape index (κ3) is 6.81. The number of carbonyl (C=O) groups excluding carboxylic acids is 3. The highest BCUT2D eigenvalue weighted by Gasteiger charge is 2.35. The fourth-order valence-corrected chi connectivity index (χ4v) is 5.43. The van der Waals surface area contributed by atoms with Crippen molar-refractivity contribution in [2.45, 2.75) is 38.8 Å². The monoisotopic (exact) mass is 565 g/mol. The van der Waals surface area contributed by atoms with Crippen molar-refractivity contribution in [1.29, 1.82) is 0 Å². The van der Waals surface area contributed by atoms with Gasteiger partial charge in [0.2, 0.25) is 11.8 Å². The molecule has 0 saturated carbocycles. The van der Waals surface area contributed by atoms with E-state index in [-0.39, 0.29) is 24.5 Å². The molecule has 2 atom stereocenters. The van der Waals surface area contributed by atoms with Crippen molar-refractivity contribution in [1.82, 2.24) is 10.6 Å². The molecule has 0 unspecified atom stereocenters. The molecule has 1 saturated heterocycles. The summed E-state index contributed by atoms with van der Waals surface area (Å²) in [6.07, 6.45) is 1.72. The van der Waals surface area contributed by atoms with Gasteiger partial charge in [0.1, 0.15) is 6.04 Å². The molecule has 3 amide bonds. The van der Waals surface area contributed by atoms with Crippen molar-refractivity contribution in [2.24, 2.45) is 0 Å². The Kier molecular flexibility index (Phi) is 9.79. The molecule has 40 heavy (non-hydrogen) atoms. The average molecular weight is 566 g/mol. The zero-order chi connectivity index (χ0) is 28.6. The SMILES string of the molecule is COc1ccc([C@@H](C(=O)NC[C@@H]2CCCO2)N(C(=O)CNC(=O)c2cccs2)c2ccc(C)cc2C)cc1OC. The van der Waals surface area contributed by atoms with E-state index in [1.807, 2.05) is 32.0 Å². The summed E-state index contributed by atoms with van der Waals surface area (Å²) in [5.41, 5.74) is 2.92. The molecule has 2 N–H and O–H groups in total. The second-order valence-electron chi connectivity index (χ2n) is 9.61. The van der Waals surface area contributed by atoms with Gasteiger partial charge in [-0.2, -0.15) is 0 Å². The largest absolute Gasteiger partial charge is 0.493 e. The summed E-state index contributed by atoms with van der Waals surface area (Å²) < 4.78 is 16.6. The third-order valence-corrected chi connectivity index (χ3v) is 7.65. The minimum Gasteiger partial charge on any atom is -0.493 e. The Balaban J connectivity index is 1.74. The molecule has 1 aliphatic heterocycles. The highest BCUT2D eigenvalue weighted by molar-refractivity contribution is 7.12. The number of methoxy groups -OCH3 is 2. The molecule has 2 aromatic carbocycles. The molecule has 0 bridgehead atoms. The van der Waals surface area contributed by atoms with Gasteiger partial charge in [-0.1, -0.05) is 29.8 Å². The Morgan fingerprint density at radius 1 is 1.05 bits per heavy atom. The van der Waals surface area contributed by atoms with Crippen LogP contribution in [0.4, 0.5) is 5.69 Å². The summed E-state index contributed by atoms with van der Waals surface area (Å²) in [5, 5.41) is 7.51. The number of carbonyl (C=O) groups is 3. The number of aryl methyl sites for hydroxylation is 2. The van der Waals surface area contributed by atoms with Gasteiger partial charge in [0.25, 0.3) is 5.91 Å². The van der Waals surface area contributed by atoms with Crippen molar-refractivity contribution < 1.29 is 28.6 Å². The summed E-state index contributed by atoms with van der Waals surface area (Å²) in [6, 6.07) is 13.2. The number of nitrogens with zero attached hydrogens (tertiary/aromatic N) is 1. The smallest absolute Gasteiger partial charge is 0.261 e. The van der Waals surface area contributed by atoms with Gasteiger partial charge in [-0.05, 0) is 67.5 Å². The van der Waals surface area contributed by atoms with Gasteiger partial charge in [-0.15, -0.1) is 11.3 Å². The van der Waals surface area contributed by atoms with Crippen LogP contribution in [-0.4, -0.2) is 57.7 Å². The van der Waals surface area contributed by atoms with Gasteiger partial charge in [0.05, 0.1) is 31.7 Å². The molecular formula is C30H35N3O6S. The van der Waals surface area contributed by atoms with Crippen molar-refractivity contribution >= 4 is 34.7 Å². The van der Waals surface area contributed by atoms with Gasteiger partial charge in [-0.3, -0.25) is 19.3 Å². The molecule has 0 aliphatic carbocycles. The van der Waals surface area contributed by atoms with Gasteiger partial charge < -0.3 is 24.8 Å². The first-order valence-electron chi connectivity index (χ1n) is 13.1. The second kappa shape index (κ2) is 13.5. The van der Waals surface area contributed by atoms with E-state index in [1.165, 1.54) is 30.5 Å². The molecule has 2 heterocycles. The lowest BCUT2D eigenvalue weighted by Crippen LogP contribution is -2.48. The molecule has 10 heteroatoms. The molecule has 1 fully saturated rings. The van der Waals surface area contributed by atoms with Crippen LogP contribution in [0.25, 0.3) is 0 Å². The first kappa shape index (κ1) is 29.1. The maximum absolute atomic E-state index is 14.0.